The summed E-state index contributed by atoms with van der Waals surface area (Å²) >= 11 is 3.69. The molecule has 0 radical (unpaired) electrons. The van der Waals surface area contributed by atoms with E-state index in [4.69, 9.17) is 9.98 Å². The minimum Gasteiger partial charge on any atom is -0.344 e. The van der Waals surface area contributed by atoms with E-state index in [0.717, 1.165) is 28.4 Å². The predicted molar refractivity (Wildman–Crippen MR) is 240 cm³/mol. The van der Waals surface area contributed by atoms with Gasteiger partial charge in [-0.15, -0.1) is 22.7 Å². The summed E-state index contributed by atoms with van der Waals surface area (Å²) < 4.78 is 5.12. The zero-order valence-electron chi connectivity index (χ0n) is 30.2. The van der Waals surface area contributed by atoms with Gasteiger partial charge in [-0.25, -0.2) is 9.98 Å². The molecule has 264 valence electrons. The molecule has 8 aromatic carbocycles. The van der Waals surface area contributed by atoms with Gasteiger partial charge in [0.05, 0.1) is 0 Å². The first-order valence-corrected chi connectivity index (χ1v) is 20.5. The predicted octanol–water partition coefficient (Wildman–Crippen LogP) is 13.9. The molecule has 0 bridgehead atoms. The van der Waals surface area contributed by atoms with Crippen molar-refractivity contribution in [3.63, 3.8) is 0 Å². The molecule has 2 aromatic heterocycles. The van der Waals surface area contributed by atoms with E-state index < -0.39 is 0 Å². The van der Waals surface area contributed by atoms with Gasteiger partial charge in [0.25, 0.3) is 0 Å². The Morgan fingerprint density at radius 3 is 1.80 bits per heavy atom. The first kappa shape index (κ1) is 32.7. The van der Waals surface area contributed by atoms with Crippen molar-refractivity contribution in [2.75, 3.05) is 0 Å². The van der Waals surface area contributed by atoms with Crippen LogP contribution in [0, 0.1) is 0 Å². The normalized spacial score (nSPS) is 14.2. The van der Waals surface area contributed by atoms with Crippen molar-refractivity contribution >= 4 is 74.7 Å². The Balaban J connectivity index is 0.958. The van der Waals surface area contributed by atoms with Crippen LogP contribution in [0.2, 0.25) is 0 Å². The Kier molecular flexibility index (Phi) is 7.94. The molecule has 0 fully saturated rings. The smallest absolute Gasteiger partial charge is 0.159 e. The molecule has 0 saturated carbocycles. The molecule has 1 aliphatic heterocycles. The summed E-state index contributed by atoms with van der Waals surface area (Å²) in [5.74, 6) is 1.54. The molecule has 1 unspecified atom stereocenters. The summed E-state index contributed by atoms with van der Waals surface area (Å²) in [5, 5.41) is 8.86. The van der Waals surface area contributed by atoms with Crippen LogP contribution in [0.5, 0.6) is 0 Å². The summed E-state index contributed by atoms with van der Waals surface area (Å²) in [4.78, 5) is 10.3. The number of rotatable bonds is 6. The third-order valence-corrected chi connectivity index (χ3v) is 13.2. The molecule has 5 heteroatoms. The lowest BCUT2D eigenvalue weighted by atomic mass is 9.96. The van der Waals surface area contributed by atoms with Crippen LogP contribution >= 0.6 is 22.7 Å². The number of fused-ring (bicyclic) bond motifs is 6. The number of nitrogens with zero attached hydrogens (tertiary/aromatic N) is 2. The quantitative estimate of drug-likeness (QED) is 0.180. The minimum atomic E-state index is -0.288. The van der Waals surface area contributed by atoms with Crippen molar-refractivity contribution in [3.8, 4) is 33.4 Å². The van der Waals surface area contributed by atoms with E-state index in [-0.39, 0.29) is 6.17 Å². The van der Waals surface area contributed by atoms with Gasteiger partial charge in [0.2, 0.25) is 0 Å². The van der Waals surface area contributed by atoms with Gasteiger partial charge < -0.3 is 5.32 Å². The van der Waals surface area contributed by atoms with Crippen LogP contribution < -0.4 is 5.32 Å². The molecule has 56 heavy (non-hydrogen) atoms. The molecule has 3 heterocycles. The van der Waals surface area contributed by atoms with E-state index in [1.807, 2.05) is 40.9 Å². The van der Waals surface area contributed by atoms with Crippen molar-refractivity contribution in [1.29, 1.82) is 0 Å². The van der Waals surface area contributed by atoms with E-state index in [9.17, 15) is 0 Å². The molecule has 0 saturated heterocycles. The van der Waals surface area contributed by atoms with Gasteiger partial charge in [-0.2, -0.15) is 0 Å². The summed E-state index contributed by atoms with van der Waals surface area (Å²) in [5.41, 5.74) is 10.5. The van der Waals surface area contributed by atoms with Gasteiger partial charge in [0.15, 0.2) is 5.84 Å². The maximum Gasteiger partial charge on any atom is 0.159 e. The van der Waals surface area contributed by atoms with Crippen molar-refractivity contribution in [3.05, 3.63) is 205 Å². The summed E-state index contributed by atoms with van der Waals surface area (Å²) in [6.45, 7) is 0. The lowest BCUT2D eigenvalue weighted by Gasteiger charge is -2.24. The molecule has 1 N–H and O–H groups in total. The standard InChI is InChI=1S/C51H33N3S2/c1-3-11-32(12-4-1)33-21-23-34(24-22-33)38-29-30-45-43(31-38)47-39(16-10-20-46(47)55-45)35-25-27-37(28-26-35)50-52-49(36-13-5-2-6-14-36)53-51(54-50)42-18-9-17-41-40-15-7-8-19-44(40)56-48(41)42/h1-31,51H,(H,52,53,54). The SMILES string of the molecule is c1ccc(C2=NC(c3cccc4c3sc3ccccc34)NC(c3ccc(-c4cccc5sc6ccc(-c7ccc(-c8ccccc8)cc7)cc6c45)cc3)=N2)cc1. The van der Waals surface area contributed by atoms with Crippen molar-refractivity contribution in [2.24, 2.45) is 9.98 Å². The molecule has 0 aliphatic carbocycles. The molecular weight excluding hydrogens is 719 g/mol. The van der Waals surface area contributed by atoms with Gasteiger partial charge in [-0.05, 0) is 57.6 Å². The van der Waals surface area contributed by atoms with Crippen LogP contribution in [0.15, 0.2) is 198 Å². The van der Waals surface area contributed by atoms with Gasteiger partial charge in [-0.1, -0.05) is 164 Å². The molecule has 0 spiro atoms. The number of aliphatic imine (C=N–C) groups is 2. The summed E-state index contributed by atoms with van der Waals surface area (Å²) in [6.07, 6.45) is -0.288. The maximum atomic E-state index is 5.21. The third kappa shape index (κ3) is 5.72. The number of nitrogens with one attached hydrogen (secondary N) is 1. The van der Waals surface area contributed by atoms with E-state index >= 15 is 0 Å². The van der Waals surface area contributed by atoms with Crippen molar-refractivity contribution in [2.45, 2.75) is 6.17 Å². The molecule has 1 atom stereocenters. The number of benzene rings is 8. The summed E-state index contributed by atoms with van der Waals surface area (Å²) in [7, 11) is 0. The first-order valence-electron chi connectivity index (χ1n) is 18.8. The fraction of sp³-hybridized carbons (Fsp3) is 0.0196. The third-order valence-electron chi connectivity index (χ3n) is 10.8. The van der Waals surface area contributed by atoms with E-state index in [1.165, 1.54) is 73.7 Å². The monoisotopic (exact) mass is 751 g/mol. The topological polar surface area (TPSA) is 36.8 Å². The second kappa shape index (κ2) is 13.6. The molecular formula is C51H33N3S2. The molecule has 1 aliphatic rings. The molecule has 3 nitrogen and oxygen atoms in total. The maximum absolute atomic E-state index is 5.21. The Bertz CT molecular complexity index is 3140. The zero-order chi connectivity index (χ0) is 37.0. The summed E-state index contributed by atoms with van der Waals surface area (Å²) in [6, 6.07) is 67.4. The fourth-order valence-electron chi connectivity index (χ4n) is 8.00. The number of hydrogen-bond donors (Lipinski definition) is 1. The van der Waals surface area contributed by atoms with Crippen molar-refractivity contribution in [1.82, 2.24) is 5.32 Å². The highest BCUT2D eigenvalue weighted by Crippen LogP contribution is 2.42. The minimum absolute atomic E-state index is 0.288. The zero-order valence-corrected chi connectivity index (χ0v) is 31.8. The second-order valence-electron chi connectivity index (χ2n) is 14.2. The van der Waals surface area contributed by atoms with Crippen LogP contribution in [-0.2, 0) is 0 Å². The van der Waals surface area contributed by atoms with Gasteiger partial charge in [0, 0.05) is 57.0 Å². The Labute approximate surface area is 332 Å². The highest BCUT2D eigenvalue weighted by Gasteiger charge is 2.24. The van der Waals surface area contributed by atoms with Crippen LogP contribution in [0.25, 0.3) is 73.7 Å². The Morgan fingerprint density at radius 1 is 0.411 bits per heavy atom. The number of amidine groups is 2. The van der Waals surface area contributed by atoms with E-state index in [1.54, 1.807) is 0 Å². The van der Waals surface area contributed by atoms with Crippen LogP contribution in [-0.4, -0.2) is 11.7 Å². The Morgan fingerprint density at radius 2 is 1.00 bits per heavy atom. The number of thiophene rings is 2. The van der Waals surface area contributed by atoms with Gasteiger partial charge in [-0.3, -0.25) is 0 Å². The van der Waals surface area contributed by atoms with Crippen LogP contribution in [0.3, 0.4) is 0 Å². The lowest BCUT2D eigenvalue weighted by Crippen LogP contribution is -2.33. The second-order valence-corrected chi connectivity index (χ2v) is 16.3. The lowest BCUT2D eigenvalue weighted by molar-refractivity contribution is 0.680. The highest BCUT2D eigenvalue weighted by molar-refractivity contribution is 7.26. The average molecular weight is 752 g/mol. The van der Waals surface area contributed by atoms with Gasteiger partial charge >= 0.3 is 0 Å². The largest absolute Gasteiger partial charge is 0.344 e. The first-order chi connectivity index (χ1) is 27.7. The van der Waals surface area contributed by atoms with Crippen molar-refractivity contribution < 1.29 is 0 Å². The highest BCUT2D eigenvalue weighted by atomic mass is 32.1. The average Bonchev–Trinajstić information content (AvgIpc) is 3.85. The number of hydrogen-bond acceptors (Lipinski definition) is 5. The molecule has 0 amide bonds. The molecule has 11 rings (SSSR count). The van der Waals surface area contributed by atoms with E-state index in [0.29, 0.717) is 0 Å². The van der Waals surface area contributed by atoms with Crippen LogP contribution in [0.4, 0.5) is 0 Å². The van der Waals surface area contributed by atoms with Gasteiger partial charge in [0.1, 0.15) is 12.0 Å². The van der Waals surface area contributed by atoms with Crippen LogP contribution in [0.1, 0.15) is 22.9 Å². The molecule has 10 aromatic rings. The fourth-order valence-corrected chi connectivity index (χ4v) is 10.3. The Hall–Kier alpha value is -6.66. The van der Waals surface area contributed by atoms with E-state index in [2.05, 4.69) is 175 Å².